The fraction of sp³-hybridized carbons (Fsp3) is 0.533. The molecule has 0 bridgehead atoms. The van der Waals surface area contributed by atoms with Crippen molar-refractivity contribution in [2.75, 3.05) is 0 Å². The molecule has 0 radical (unpaired) electrons. The predicted molar refractivity (Wildman–Crippen MR) is 78.0 cm³/mol. The van der Waals surface area contributed by atoms with Crippen LogP contribution in [0.2, 0.25) is 0 Å². The number of carbonyl (C=O) groups is 1. The van der Waals surface area contributed by atoms with E-state index in [4.69, 9.17) is 0 Å². The van der Waals surface area contributed by atoms with Crippen LogP contribution in [-0.4, -0.2) is 11.0 Å². The first kappa shape index (κ1) is 16.2. The largest absolute Gasteiger partial charge is 0.294 e. The average Bonchev–Trinajstić information content (AvgIpc) is 2.16. The topological polar surface area (TPSA) is 17.1 Å². The van der Waals surface area contributed by atoms with Crippen LogP contribution in [0.1, 0.15) is 51.9 Å². The molecule has 1 rings (SSSR count). The van der Waals surface area contributed by atoms with Crippen LogP contribution in [-0.2, 0) is 0 Å². The number of carbonyl (C=O) groups excluding carboxylic acids is 1. The summed E-state index contributed by atoms with van der Waals surface area (Å²) in [6.45, 7) is 8.45. The van der Waals surface area contributed by atoms with E-state index in [2.05, 4.69) is 27.7 Å². The number of benzene rings is 1. The van der Waals surface area contributed by atoms with Gasteiger partial charge in [0.1, 0.15) is 0 Å². The Morgan fingerprint density at radius 2 is 1.76 bits per heavy atom. The zero-order valence-corrected chi connectivity index (χ0v) is 11.3. The minimum Gasteiger partial charge on any atom is -0.294 e. The quantitative estimate of drug-likeness (QED) is 0.538. The molecule has 0 saturated heterocycles. The number of hydrogen-bond acceptors (Lipinski definition) is 2. The van der Waals surface area contributed by atoms with Gasteiger partial charge in [-0.2, -0.15) is 0 Å². The fourth-order valence-electron chi connectivity index (χ4n) is 1.53. The molecule has 1 aromatic rings. The van der Waals surface area contributed by atoms with E-state index in [1.807, 2.05) is 24.3 Å². The van der Waals surface area contributed by atoms with Crippen molar-refractivity contribution in [3.05, 3.63) is 29.8 Å². The minimum absolute atomic E-state index is 0. The zero-order chi connectivity index (χ0) is 12.1. The Balaban J connectivity index is 0.00000256. The molecule has 0 saturated carbocycles. The van der Waals surface area contributed by atoms with Crippen molar-refractivity contribution in [3.8, 4) is 0 Å². The summed E-state index contributed by atoms with van der Waals surface area (Å²) in [5.41, 5.74) is 0.884. The molecule has 1 aromatic carbocycles. The lowest BCUT2D eigenvalue weighted by molar-refractivity contribution is 0.0965. The molecule has 1 nitrogen and oxygen atoms in total. The van der Waals surface area contributed by atoms with Crippen LogP contribution >= 0.6 is 11.8 Å². The van der Waals surface area contributed by atoms with Crippen LogP contribution in [0.3, 0.4) is 0 Å². The molecule has 96 valence electrons. The molecule has 0 atom stereocenters. The van der Waals surface area contributed by atoms with Gasteiger partial charge in [0.05, 0.1) is 0 Å². The highest BCUT2D eigenvalue weighted by molar-refractivity contribution is 8.00. The number of rotatable bonds is 5. The van der Waals surface area contributed by atoms with E-state index in [-0.39, 0.29) is 13.2 Å². The average molecular weight is 252 g/mol. The smallest absolute Gasteiger partial charge is 0.164 e. The number of ketones is 1. The van der Waals surface area contributed by atoms with Gasteiger partial charge in [-0.15, -0.1) is 11.8 Å². The summed E-state index contributed by atoms with van der Waals surface area (Å²) in [7, 11) is 0. The van der Waals surface area contributed by atoms with E-state index in [9.17, 15) is 4.79 Å². The van der Waals surface area contributed by atoms with Gasteiger partial charge in [-0.05, 0) is 12.0 Å². The summed E-state index contributed by atoms with van der Waals surface area (Å²) < 4.78 is 0. The summed E-state index contributed by atoms with van der Waals surface area (Å²) in [5.74, 6) is 0.684. The molecule has 17 heavy (non-hydrogen) atoms. The monoisotopic (exact) mass is 252 g/mol. The standard InChI is InChI=1S/C14H20OS.CH4/c1-10(2)9-13(15)12-7-5-6-8-14(12)16-11(3)4;/h5-8,10-11H,9H2,1-4H3;1H4. The van der Waals surface area contributed by atoms with Crippen LogP contribution in [0, 0.1) is 5.92 Å². The Morgan fingerprint density at radius 1 is 1.18 bits per heavy atom. The first-order valence-corrected chi connectivity index (χ1v) is 6.67. The summed E-state index contributed by atoms with van der Waals surface area (Å²) in [6, 6.07) is 7.92. The molecule has 0 spiro atoms. The van der Waals surface area contributed by atoms with E-state index in [1.165, 1.54) is 0 Å². The molecular formula is C15H24OS. The van der Waals surface area contributed by atoms with E-state index < -0.39 is 0 Å². The van der Waals surface area contributed by atoms with E-state index in [1.54, 1.807) is 11.8 Å². The zero-order valence-electron chi connectivity index (χ0n) is 10.5. The number of hydrogen-bond donors (Lipinski definition) is 0. The van der Waals surface area contributed by atoms with Gasteiger partial charge in [0.15, 0.2) is 5.78 Å². The fourth-order valence-corrected chi connectivity index (χ4v) is 2.51. The Morgan fingerprint density at radius 3 is 2.29 bits per heavy atom. The Labute approximate surface area is 110 Å². The van der Waals surface area contributed by atoms with Crippen molar-refractivity contribution in [2.24, 2.45) is 5.92 Å². The molecule has 0 unspecified atom stereocenters. The normalized spacial score (nSPS) is 10.5. The summed E-state index contributed by atoms with van der Waals surface area (Å²) in [5, 5.41) is 0.507. The number of thioether (sulfide) groups is 1. The molecule has 0 aliphatic rings. The SMILES string of the molecule is C.CC(C)CC(=O)c1ccccc1SC(C)C. The Kier molecular flexibility index (Phi) is 7.21. The lowest BCUT2D eigenvalue weighted by Crippen LogP contribution is -2.05. The van der Waals surface area contributed by atoms with E-state index in [0.29, 0.717) is 17.6 Å². The summed E-state index contributed by atoms with van der Waals surface area (Å²) in [4.78, 5) is 13.2. The van der Waals surface area contributed by atoms with Gasteiger partial charge >= 0.3 is 0 Å². The number of Topliss-reactive ketones (excluding diaryl/α,β-unsaturated/α-hetero) is 1. The van der Waals surface area contributed by atoms with Crippen LogP contribution in [0.5, 0.6) is 0 Å². The van der Waals surface area contributed by atoms with Gasteiger partial charge in [0, 0.05) is 22.1 Å². The van der Waals surface area contributed by atoms with Crippen LogP contribution in [0.4, 0.5) is 0 Å². The van der Waals surface area contributed by atoms with Crippen molar-refractivity contribution in [1.29, 1.82) is 0 Å². The van der Waals surface area contributed by atoms with Crippen LogP contribution in [0.15, 0.2) is 29.2 Å². The summed E-state index contributed by atoms with van der Waals surface area (Å²) in [6.07, 6.45) is 0.635. The highest BCUT2D eigenvalue weighted by atomic mass is 32.2. The lowest BCUT2D eigenvalue weighted by atomic mass is 10.0. The van der Waals surface area contributed by atoms with E-state index in [0.717, 1.165) is 10.5 Å². The van der Waals surface area contributed by atoms with Crippen LogP contribution < -0.4 is 0 Å². The molecule has 0 aromatic heterocycles. The third kappa shape index (κ3) is 5.40. The Bertz CT molecular complexity index is 356. The molecule has 0 fully saturated rings. The molecule has 0 aliphatic carbocycles. The van der Waals surface area contributed by atoms with Gasteiger partial charge in [-0.25, -0.2) is 0 Å². The molecule has 0 N–H and O–H groups in total. The van der Waals surface area contributed by atoms with Crippen molar-refractivity contribution >= 4 is 17.5 Å². The molecule has 0 heterocycles. The first-order valence-electron chi connectivity index (χ1n) is 5.79. The van der Waals surface area contributed by atoms with E-state index >= 15 is 0 Å². The molecule has 2 heteroatoms. The first-order chi connectivity index (χ1) is 7.50. The highest BCUT2D eigenvalue weighted by Gasteiger charge is 2.13. The van der Waals surface area contributed by atoms with Crippen molar-refractivity contribution in [3.63, 3.8) is 0 Å². The Hall–Kier alpha value is -0.760. The second-order valence-electron chi connectivity index (χ2n) is 4.68. The predicted octanol–water partition coefficient (Wildman–Crippen LogP) is 5.05. The second kappa shape index (κ2) is 7.54. The van der Waals surface area contributed by atoms with Gasteiger partial charge in [0.2, 0.25) is 0 Å². The highest BCUT2D eigenvalue weighted by Crippen LogP contribution is 2.27. The van der Waals surface area contributed by atoms with Gasteiger partial charge < -0.3 is 0 Å². The summed E-state index contributed by atoms with van der Waals surface area (Å²) >= 11 is 1.76. The van der Waals surface area contributed by atoms with Crippen LogP contribution in [0.25, 0.3) is 0 Å². The third-order valence-electron chi connectivity index (χ3n) is 2.14. The molecule has 0 amide bonds. The van der Waals surface area contributed by atoms with Gasteiger partial charge in [-0.1, -0.05) is 53.3 Å². The second-order valence-corrected chi connectivity index (χ2v) is 6.30. The third-order valence-corrected chi connectivity index (χ3v) is 3.23. The molecular weight excluding hydrogens is 228 g/mol. The van der Waals surface area contributed by atoms with Gasteiger partial charge in [0.25, 0.3) is 0 Å². The van der Waals surface area contributed by atoms with Crippen molar-refractivity contribution in [1.82, 2.24) is 0 Å². The van der Waals surface area contributed by atoms with Crippen molar-refractivity contribution in [2.45, 2.75) is 51.7 Å². The lowest BCUT2D eigenvalue weighted by Gasteiger charge is -2.11. The maximum atomic E-state index is 12.0. The maximum absolute atomic E-state index is 12.0. The van der Waals surface area contributed by atoms with Gasteiger partial charge in [-0.3, -0.25) is 4.79 Å². The minimum atomic E-state index is 0. The van der Waals surface area contributed by atoms with Crippen molar-refractivity contribution < 1.29 is 4.79 Å². The molecule has 0 aliphatic heterocycles. The maximum Gasteiger partial charge on any atom is 0.164 e.